The van der Waals surface area contributed by atoms with Gasteiger partial charge < -0.3 is 20.1 Å². The van der Waals surface area contributed by atoms with Crippen LogP contribution in [0.15, 0.2) is 59.6 Å². The number of carbonyl (C=O) groups is 2. The molecule has 0 aliphatic carbocycles. The smallest absolute Gasteiger partial charge is 0.255 e. The predicted molar refractivity (Wildman–Crippen MR) is 154 cm³/mol. The standard InChI is InChI=1S/C32H35N3O4/c1-7-38-25-16-21-17-31(2,3)35-27(26(21)23-18-32(4,5)39-28(23)25)20-13-14-22(30(37)33-6)24(15-20)34-29(36)19-11-9-8-10-12-19/h8-16H,7,17-18H2,1-6H3,(H,33,37)(H,34,36). The Morgan fingerprint density at radius 1 is 1.00 bits per heavy atom. The molecule has 0 saturated heterocycles. The van der Waals surface area contributed by atoms with Gasteiger partial charge in [-0.05, 0) is 76.9 Å². The van der Waals surface area contributed by atoms with Gasteiger partial charge in [0.25, 0.3) is 11.8 Å². The van der Waals surface area contributed by atoms with Crippen molar-refractivity contribution in [2.24, 2.45) is 4.99 Å². The van der Waals surface area contributed by atoms with Crippen LogP contribution in [-0.2, 0) is 12.8 Å². The number of ether oxygens (including phenoxy) is 2. The molecule has 0 saturated carbocycles. The average Bonchev–Trinajstić information content (AvgIpc) is 3.23. The highest BCUT2D eigenvalue weighted by molar-refractivity contribution is 6.18. The molecule has 0 radical (unpaired) electrons. The summed E-state index contributed by atoms with van der Waals surface area (Å²) in [5, 5.41) is 5.63. The second kappa shape index (κ2) is 9.88. The number of hydrogen-bond acceptors (Lipinski definition) is 5. The van der Waals surface area contributed by atoms with Gasteiger partial charge in [0.05, 0.1) is 29.1 Å². The molecule has 2 aliphatic heterocycles. The van der Waals surface area contributed by atoms with Crippen LogP contribution in [0.3, 0.4) is 0 Å². The lowest BCUT2D eigenvalue weighted by Crippen LogP contribution is -2.31. The Kier molecular flexibility index (Phi) is 6.70. The molecule has 2 amide bonds. The fourth-order valence-electron chi connectivity index (χ4n) is 5.45. The molecule has 202 valence electrons. The van der Waals surface area contributed by atoms with Gasteiger partial charge in [0.1, 0.15) is 5.60 Å². The number of fused-ring (bicyclic) bond motifs is 3. The first kappa shape index (κ1) is 26.5. The molecule has 0 spiro atoms. The Balaban J connectivity index is 1.66. The van der Waals surface area contributed by atoms with Crippen molar-refractivity contribution in [2.75, 3.05) is 19.0 Å². The van der Waals surface area contributed by atoms with Crippen LogP contribution >= 0.6 is 0 Å². The summed E-state index contributed by atoms with van der Waals surface area (Å²) in [6.07, 6.45) is 1.48. The van der Waals surface area contributed by atoms with Gasteiger partial charge in [0.2, 0.25) is 0 Å². The van der Waals surface area contributed by atoms with Gasteiger partial charge >= 0.3 is 0 Å². The van der Waals surface area contributed by atoms with Crippen molar-refractivity contribution < 1.29 is 19.1 Å². The van der Waals surface area contributed by atoms with E-state index >= 15 is 0 Å². The average molecular weight is 526 g/mol. The molecule has 0 unspecified atom stereocenters. The number of rotatable bonds is 6. The minimum atomic E-state index is -0.376. The number of hydrogen-bond donors (Lipinski definition) is 2. The van der Waals surface area contributed by atoms with Gasteiger partial charge in [-0.2, -0.15) is 0 Å². The third kappa shape index (κ3) is 5.13. The first-order valence-electron chi connectivity index (χ1n) is 13.4. The van der Waals surface area contributed by atoms with Crippen molar-refractivity contribution in [3.8, 4) is 11.5 Å². The van der Waals surface area contributed by atoms with Crippen molar-refractivity contribution in [3.05, 3.63) is 88.0 Å². The highest BCUT2D eigenvalue weighted by Crippen LogP contribution is 2.48. The molecule has 39 heavy (non-hydrogen) atoms. The van der Waals surface area contributed by atoms with Crippen LogP contribution in [0.1, 0.15) is 77.6 Å². The molecule has 0 aromatic heterocycles. The van der Waals surface area contributed by atoms with Gasteiger partial charge in [-0.3, -0.25) is 14.6 Å². The summed E-state index contributed by atoms with van der Waals surface area (Å²) in [6, 6.07) is 16.5. The Bertz CT molecular complexity index is 1490. The van der Waals surface area contributed by atoms with E-state index in [2.05, 4.69) is 44.4 Å². The summed E-state index contributed by atoms with van der Waals surface area (Å²) < 4.78 is 12.4. The van der Waals surface area contributed by atoms with Gasteiger partial charge in [-0.1, -0.05) is 24.3 Å². The maximum atomic E-state index is 13.1. The minimum absolute atomic E-state index is 0.284. The zero-order valence-electron chi connectivity index (χ0n) is 23.4. The fraction of sp³-hybridized carbons (Fsp3) is 0.344. The predicted octanol–water partition coefficient (Wildman–Crippen LogP) is 5.58. The number of aliphatic imine (C=N–C) groups is 1. The van der Waals surface area contributed by atoms with E-state index in [4.69, 9.17) is 14.5 Å². The van der Waals surface area contributed by atoms with Gasteiger partial charge in [0, 0.05) is 35.7 Å². The Morgan fingerprint density at radius 2 is 1.74 bits per heavy atom. The number of nitrogens with one attached hydrogen (secondary N) is 2. The van der Waals surface area contributed by atoms with E-state index in [1.807, 2.05) is 25.1 Å². The molecular weight excluding hydrogens is 490 g/mol. The number of amides is 2. The minimum Gasteiger partial charge on any atom is -0.490 e. The molecule has 5 rings (SSSR count). The highest BCUT2D eigenvalue weighted by Gasteiger charge is 2.40. The van der Waals surface area contributed by atoms with E-state index in [-0.39, 0.29) is 23.0 Å². The fourth-order valence-corrected chi connectivity index (χ4v) is 5.45. The number of nitrogens with zero attached hydrogens (tertiary/aromatic N) is 1. The van der Waals surface area contributed by atoms with Crippen molar-refractivity contribution in [2.45, 2.75) is 58.6 Å². The van der Waals surface area contributed by atoms with Crippen LogP contribution in [0.5, 0.6) is 11.5 Å². The number of anilines is 1. The summed E-state index contributed by atoms with van der Waals surface area (Å²) in [7, 11) is 1.57. The number of carbonyl (C=O) groups excluding carboxylic acids is 2. The molecule has 7 nitrogen and oxygen atoms in total. The molecule has 0 bridgehead atoms. The molecule has 0 atom stereocenters. The van der Waals surface area contributed by atoms with E-state index in [0.29, 0.717) is 23.4 Å². The second-order valence-corrected chi connectivity index (χ2v) is 11.3. The quantitative estimate of drug-likeness (QED) is 0.440. The normalized spacial score (nSPS) is 16.3. The van der Waals surface area contributed by atoms with Gasteiger partial charge in [-0.15, -0.1) is 0 Å². The van der Waals surface area contributed by atoms with Crippen LogP contribution < -0.4 is 20.1 Å². The van der Waals surface area contributed by atoms with E-state index in [1.165, 1.54) is 0 Å². The summed E-state index contributed by atoms with van der Waals surface area (Å²) >= 11 is 0. The topological polar surface area (TPSA) is 89.0 Å². The number of benzene rings is 3. The highest BCUT2D eigenvalue weighted by atomic mass is 16.5. The second-order valence-electron chi connectivity index (χ2n) is 11.3. The summed E-state index contributed by atoms with van der Waals surface area (Å²) in [5.41, 5.74) is 5.49. The zero-order valence-corrected chi connectivity index (χ0v) is 23.4. The van der Waals surface area contributed by atoms with Gasteiger partial charge in [0.15, 0.2) is 11.5 Å². The first-order chi connectivity index (χ1) is 18.5. The van der Waals surface area contributed by atoms with E-state index in [1.54, 1.807) is 37.4 Å². The summed E-state index contributed by atoms with van der Waals surface area (Å²) in [6.45, 7) is 10.9. The lowest BCUT2D eigenvalue weighted by Gasteiger charge is -2.31. The van der Waals surface area contributed by atoms with Crippen molar-refractivity contribution in [1.29, 1.82) is 0 Å². The zero-order chi connectivity index (χ0) is 27.9. The first-order valence-corrected chi connectivity index (χ1v) is 13.4. The molecule has 0 fully saturated rings. The Hall–Kier alpha value is -4.13. The van der Waals surface area contributed by atoms with E-state index < -0.39 is 0 Å². The third-order valence-electron chi connectivity index (χ3n) is 7.03. The van der Waals surface area contributed by atoms with Gasteiger partial charge in [-0.25, -0.2) is 0 Å². The molecule has 7 heteroatoms. The van der Waals surface area contributed by atoms with Crippen molar-refractivity contribution >= 4 is 23.2 Å². The summed E-state index contributed by atoms with van der Waals surface area (Å²) in [5.74, 6) is 0.961. The Morgan fingerprint density at radius 3 is 2.44 bits per heavy atom. The van der Waals surface area contributed by atoms with Crippen LogP contribution in [-0.4, -0.2) is 42.3 Å². The van der Waals surface area contributed by atoms with Crippen LogP contribution in [0.4, 0.5) is 5.69 Å². The van der Waals surface area contributed by atoms with Crippen LogP contribution in [0, 0.1) is 0 Å². The molecule has 2 aliphatic rings. The lowest BCUT2D eigenvalue weighted by molar-refractivity contribution is 0.0964. The van der Waals surface area contributed by atoms with Crippen molar-refractivity contribution in [3.63, 3.8) is 0 Å². The molecule has 2 N–H and O–H groups in total. The van der Waals surface area contributed by atoms with E-state index in [9.17, 15) is 9.59 Å². The molecular formula is C32H35N3O4. The summed E-state index contributed by atoms with van der Waals surface area (Å²) in [4.78, 5) is 31.0. The van der Waals surface area contributed by atoms with E-state index in [0.717, 1.165) is 52.3 Å². The SMILES string of the molecule is CCOc1cc2c(c3c1OC(C)(C)C3)C(c1ccc(C(=O)NC)c(NC(=O)c3ccccc3)c1)=NC(C)(C)C2. The Labute approximate surface area is 229 Å². The van der Waals surface area contributed by atoms with Crippen LogP contribution in [0.25, 0.3) is 0 Å². The van der Waals surface area contributed by atoms with Crippen molar-refractivity contribution in [1.82, 2.24) is 5.32 Å². The van der Waals surface area contributed by atoms with Crippen LogP contribution in [0.2, 0.25) is 0 Å². The largest absolute Gasteiger partial charge is 0.490 e. The molecule has 3 aromatic rings. The lowest BCUT2D eigenvalue weighted by atomic mass is 9.80. The monoisotopic (exact) mass is 525 g/mol. The maximum absolute atomic E-state index is 13.1. The third-order valence-corrected chi connectivity index (χ3v) is 7.03. The maximum Gasteiger partial charge on any atom is 0.255 e. The molecule has 2 heterocycles. The molecule has 3 aromatic carbocycles.